The molecule has 0 bridgehead atoms. The van der Waals surface area contributed by atoms with Crippen molar-refractivity contribution in [3.8, 4) is 0 Å². The number of nitrogens with zero attached hydrogens (tertiary/aromatic N) is 3. The van der Waals surface area contributed by atoms with Crippen LogP contribution in [0, 0.1) is 0 Å². The summed E-state index contributed by atoms with van der Waals surface area (Å²) in [4.78, 5) is 22.6. The van der Waals surface area contributed by atoms with Crippen molar-refractivity contribution in [1.82, 2.24) is 14.9 Å². The first-order valence-electron chi connectivity index (χ1n) is 7.74. The van der Waals surface area contributed by atoms with E-state index in [1.54, 1.807) is 11.9 Å². The van der Waals surface area contributed by atoms with Crippen LogP contribution in [0.2, 0.25) is 0 Å². The van der Waals surface area contributed by atoms with Crippen LogP contribution >= 0.6 is 0 Å². The SMILES string of the molecule is CCCNc1cc(NCC(=O)N(C)CC)nc(C2CC2)n1. The number of aromatic nitrogens is 2. The standard InChI is InChI=1S/C15H25N5O/c1-4-8-16-12-9-13(17-10-14(21)20(3)5-2)19-15(18-12)11-6-7-11/h9,11H,4-8,10H2,1-3H3,(H2,16,17,18,19). The zero-order valence-electron chi connectivity index (χ0n) is 13.1. The second kappa shape index (κ2) is 7.24. The molecule has 1 aromatic heterocycles. The number of amides is 1. The Morgan fingerprint density at radius 2 is 1.95 bits per heavy atom. The van der Waals surface area contributed by atoms with E-state index in [9.17, 15) is 4.79 Å². The molecule has 116 valence electrons. The molecule has 6 nitrogen and oxygen atoms in total. The van der Waals surface area contributed by atoms with Gasteiger partial charge in [-0.3, -0.25) is 4.79 Å². The van der Waals surface area contributed by atoms with E-state index in [2.05, 4.69) is 27.5 Å². The fourth-order valence-electron chi connectivity index (χ4n) is 1.90. The quantitative estimate of drug-likeness (QED) is 0.767. The lowest BCUT2D eigenvalue weighted by Gasteiger charge is -2.15. The van der Waals surface area contributed by atoms with E-state index in [1.807, 2.05) is 13.0 Å². The maximum Gasteiger partial charge on any atom is 0.241 e. The van der Waals surface area contributed by atoms with Crippen molar-refractivity contribution < 1.29 is 4.79 Å². The first-order valence-corrected chi connectivity index (χ1v) is 7.74. The summed E-state index contributed by atoms with van der Waals surface area (Å²) in [5, 5.41) is 6.41. The van der Waals surface area contributed by atoms with E-state index in [0.717, 1.165) is 43.3 Å². The molecule has 1 saturated carbocycles. The van der Waals surface area contributed by atoms with Crippen LogP contribution in [0.3, 0.4) is 0 Å². The van der Waals surface area contributed by atoms with Gasteiger partial charge in [-0.05, 0) is 26.2 Å². The molecule has 0 aliphatic heterocycles. The monoisotopic (exact) mass is 291 g/mol. The van der Waals surface area contributed by atoms with Crippen molar-refractivity contribution in [2.45, 2.75) is 39.0 Å². The van der Waals surface area contributed by atoms with Crippen molar-refractivity contribution in [3.05, 3.63) is 11.9 Å². The van der Waals surface area contributed by atoms with Crippen LogP contribution in [-0.4, -0.2) is 47.5 Å². The molecule has 1 aromatic rings. The molecule has 2 N–H and O–H groups in total. The van der Waals surface area contributed by atoms with E-state index in [4.69, 9.17) is 0 Å². The van der Waals surface area contributed by atoms with E-state index >= 15 is 0 Å². The van der Waals surface area contributed by atoms with E-state index in [-0.39, 0.29) is 12.5 Å². The van der Waals surface area contributed by atoms with Gasteiger partial charge in [0.1, 0.15) is 17.5 Å². The molecule has 21 heavy (non-hydrogen) atoms. The summed E-state index contributed by atoms with van der Waals surface area (Å²) in [6.45, 7) is 5.94. The maximum atomic E-state index is 11.8. The van der Waals surface area contributed by atoms with Crippen LogP contribution in [0.5, 0.6) is 0 Å². The van der Waals surface area contributed by atoms with Gasteiger partial charge in [-0.2, -0.15) is 0 Å². The fraction of sp³-hybridized carbons (Fsp3) is 0.667. The van der Waals surface area contributed by atoms with Crippen LogP contribution in [-0.2, 0) is 4.79 Å². The Bertz CT molecular complexity index is 487. The van der Waals surface area contributed by atoms with Crippen molar-refractivity contribution in [1.29, 1.82) is 0 Å². The lowest BCUT2D eigenvalue weighted by Crippen LogP contribution is -2.32. The minimum atomic E-state index is 0.0622. The number of carbonyl (C=O) groups is 1. The van der Waals surface area contributed by atoms with Crippen LogP contribution in [0.15, 0.2) is 6.07 Å². The molecule has 0 radical (unpaired) electrons. The first kappa shape index (κ1) is 15.5. The summed E-state index contributed by atoms with van der Waals surface area (Å²) in [5.74, 6) is 3.00. The second-order valence-electron chi connectivity index (χ2n) is 5.46. The Balaban J connectivity index is 2.03. The number of carbonyl (C=O) groups excluding carboxylic acids is 1. The minimum Gasteiger partial charge on any atom is -0.370 e. The largest absolute Gasteiger partial charge is 0.370 e. The van der Waals surface area contributed by atoms with E-state index in [1.165, 1.54) is 0 Å². The summed E-state index contributed by atoms with van der Waals surface area (Å²) in [6.07, 6.45) is 3.37. The average Bonchev–Trinajstić information content (AvgIpc) is 3.34. The molecule has 0 aromatic carbocycles. The zero-order chi connectivity index (χ0) is 15.2. The predicted molar refractivity (Wildman–Crippen MR) is 84.6 cm³/mol. The summed E-state index contributed by atoms with van der Waals surface area (Å²) in [6, 6.07) is 1.88. The maximum absolute atomic E-state index is 11.8. The van der Waals surface area contributed by atoms with Crippen LogP contribution in [0.25, 0.3) is 0 Å². The highest BCUT2D eigenvalue weighted by Crippen LogP contribution is 2.38. The summed E-state index contributed by atoms with van der Waals surface area (Å²) < 4.78 is 0. The Morgan fingerprint density at radius 3 is 2.52 bits per heavy atom. The average molecular weight is 291 g/mol. The van der Waals surface area contributed by atoms with Crippen LogP contribution < -0.4 is 10.6 Å². The molecule has 0 unspecified atom stereocenters. The first-order chi connectivity index (χ1) is 10.1. The summed E-state index contributed by atoms with van der Waals surface area (Å²) in [5.41, 5.74) is 0. The third-order valence-corrected chi connectivity index (χ3v) is 3.56. The van der Waals surface area contributed by atoms with Crippen molar-refractivity contribution in [3.63, 3.8) is 0 Å². The van der Waals surface area contributed by atoms with Gasteiger partial charge in [0.15, 0.2) is 0 Å². The molecule has 1 heterocycles. The highest BCUT2D eigenvalue weighted by Gasteiger charge is 2.27. The van der Waals surface area contributed by atoms with Crippen LogP contribution in [0.4, 0.5) is 11.6 Å². The molecule has 2 rings (SSSR count). The fourth-order valence-corrected chi connectivity index (χ4v) is 1.90. The van der Waals surface area contributed by atoms with Gasteiger partial charge in [0.05, 0.1) is 6.54 Å². The Morgan fingerprint density at radius 1 is 1.29 bits per heavy atom. The number of likely N-dealkylation sites (N-methyl/N-ethyl adjacent to an activating group) is 1. The number of nitrogens with one attached hydrogen (secondary N) is 2. The van der Waals surface area contributed by atoms with Gasteiger partial charge in [-0.1, -0.05) is 6.92 Å². The number of rotatable bonds is 8. The molecule has 1 amide bonds. The number of hydrogen-bond acceptors (Lipinski definition) is 5. The number of anilines is 2. The van der Waals surface area contributed by atoms with Gasteiger partial charge >= 0.3 is 0 Å². The Hall–Kier alpha value is -1.85. The molecule has 1 aliphatic rings. The van der Waals surface area contributed by atoms with Gasteiger partial charge in [-0.25, -0.2) is 9.97 Å². The Labute approximate surface area is 126 Å². The Kier molecular flexibility index (Phi) is 5.36. The predicted octanol–water partition coefficient (Wildman–Crippen LogP) is 2.07. The molecular weight excluding hydrogens is 266 g/mol. The molecule has 0 atom stereocenters. The zero-order valence-corrected chi connectivity index (χ0v) is 13.1. The minimum absolute atomic E-state index is 0.0622. The van der Waals surface area contributed by atoms with Gasteiger partial charge in [0.2, 0.25) is 5.91 Å². The van der Waals surface area contributed by atoms with E-state index < -0.39 is 0 Å². The molecule has 0 spiro atoms. The molecule has 1 fully saturated rings. The van der Waals surface area contributed by atoms with Crippen LogP contribution in [0.1, 0.15) is 44.9 Å². The van der Waals surface area contributed by atoms with E-state index in [0.29, 0.717) is 12.5 Å². The van der Waals surface area contributed by atoms with Gasteiger partial charge in [0, 0.05) is 32.1 Å². The molecular formula is C15H25N5O. The highest BCUT2D eigenvalue weighted by atomic mass is 16.2. The lowest BCUT2D eigenvalue weighted by molar-refractivity contribution is -0.127. The molecule has 0 saturated heterocycles. The van der Waals surface area contributed by atoms with Gasteiger partial charge in [0.25, 0.3) is 0 Å². The van der Waals surface area contributed by atoms with Gasteiger partial charge < -0.3 is 15.5 Å². The van der Waals surface area contributed by atoms with Crippen molar-refractivity contribution in [2.75, 3.05) is 37.3 Å². The second-order valence-corrected chi connectivity index (χ2v) is 5.46. The highest BCUT2D eigenvalue weighted by molar-refractivity contribution is 5.80. The normalized spacial score (nSPS) is 13.9. The molecule has 1 aliphatic carbocycles. The third kappa shape index (κ3) is 4.58. The number of hydrogen-bond donors (Lipinski definition) is 2. The summed E-state index contributed by atoms with van der Waals surface area (Å²) in [7, 11) is 1.80. The van der Waals surface area contributed by atoms with Crippen molar-refractivity contribution >= 4 is 17.5 Å². The van der Waals surface area contributed by atoms with Crippen molar-refractivity contribution in [2.24, 2.45) is 0 Å². The third-order valence-electron chi connectivity index (χ3n) is 3.56. The van der Waals surface area contributed by atoms with Gasteiger partial charge in [-0.15, -0.1) is 0 Å². The summed E-state index contributed by atoms with van der Waals surface area (Å²) >= 11 is 0. The topological polar surface area (TPSA) is 70.2 Å². The lowest BCUT2D eigenvalue weighted by atomic mass is 10.3. The smallest absolute Gasteiger partial charge is 0.241 e. The molecule has 6 heteroatoms.